The Morgan fingerprint density at radius 2 is 2.17 bits per heavy atom. The summed E-state index contributed by atoms with van der Waals surface area (Å²) in [6, 6.07) is 6.19. The van der Waals surface area contributed by atoms with Crippen molar-refractivity contribution in [1.82, 2.24) is 10.3 Å². The Bertz CT molecular complexity index is 518. The summed E-state index contributed by atoms with van der Waals surface area (Å²) in [5.41, 5.74) is 8.97. The van der Waals surface area contributed by atoms with Gasteiger partial charge in [-0.15, -0.1) is 11.3 Å². The molecule has 4 heteroatoms. The summed E-state index contributed by atoms with van der Waals surface area (Å²) >= 11 is 1.67. The summed E-state index contributed by atoms with van der Waals surface area (Å²) in [5, 5.41) is 6.62. The fourth-order valence-corrected chi connectivity index (χ4v) is 2.47. The van der Waals surface area contributed by atoms with Crippen LogP contribution in [0.5, 0.6) is 0 Å². The second kappa shape index (κ2) is 5.08. The van der Waals surface area contributed by atoms with Gasteiger partial charge in [0, 0.05) is 23.8 Å². The van der Waals surface area contributed by atoms with Gasteiger partial charge in [0.2, 0.25) is 0 Å². The van der Waals surface area contributed by atoms with Gasteiger partial charge in [-0.05, 0) is 38.0 Å². The quantitative estimate of drug-likeness (QED) is 0.832. The highest BCUT2D eigenvalue weighted by Gasteiger charge is 2.22. The maximum atomic E-state index is 5.92. The number of nitrogens with two attached hydrogens (primary N) is 1. The Kier molecular flexibility index (Phi) is 3.68. The van der Waals surface area contributed by atoms with E-state index < -0.39 is 0 Å². The highest BCUT2D eigenvalue weighted by molar-refractivity contribution is 7.09. The highest BCUT2D eigenvalue weighted by atomic mass is 32.1. The monoisotopic (exact) mass is 261 g/mol. The number of hydrogen-bond acceptors (Lipinski definition) is 4. The molecule has 2 aromatic rings. The molecule has 1 aromatic heterocycles. The largest absolute Gasteiger partial charge is 0.399 e. The van der Waals surface area contributed by atoms with Gasteiger partial charge in [-0.2, -0.15) is 0 Å². The number of benzene rings is 1. The highest BCUT2D eigenvalue weighted by Crippen LogP contribution is 2.23. The van der Waals surface area contributed by atoms with Gasteiger partial charge in [0.25, 0.3) is 0 Å². The minimum atomic E-state index is -0.117. The third-order valence-corrected chi connectivity index (χ3v) is 4.14. The van der Waals surface area contributed by atoms with Crippen molar-refractivity contribution in [2.45, 2.75) is 32.9 Å². The van der Waals surface area contributed by atoms with E-state index in [1.165, 1.54) is 5.56 Å². The average molecular weight is 261 g/mol. The minimum absolute atomic E-state index is 0.117. The van der Waals surface area contributed by atoms with Crippen molar-refractivity contribution in [1.29, 1.82) is 0 Å². The zero-order valence-corrected chi connectivity index (χ0v) is 11.8. The smallest absolute Gasteiger partial charge is 0.112 e. The molecule has 0 unspecified atom stereocenters. The molecular weight excluding hydrogens is 242 g/mol. The van der Waals surface area contributed by atoms with E-state index in [4.69, 9.17) is 5.73 Å². The Labute approximate surface area is 112 Å². The molecule has 1 heterocycles. The Morgan fingerprint density at radius 3 is 2.78 bits per heavy atom. The molecule has 0 fully saturated rings. The predicted molar refractivity (Wildman–Crippen MR) is 77.6 cm³/mol. The number of nitrogen functional groups attached to an aromatic ring is 1. The van der Waals surface area contributed by atoms with Gasteiger partial charge in [-0.3, -0.25) is 0 Å². The van der Waals surface area contributed by atoms with Crippen LogP contribution in [0.2, 0.25) is 0 Å². The van der Waals surface area contributed by atoms with Crippen LogP contribution in [-0.4, -0.2) is 4.98 Å². The molecule has 3 N–H and O–H groups in total. The maximum Gasteiger partial charge on any atom is 0.112 e. The molecule has 0 amide bonds. The molecule has 0 atom stereocenters. The Hall–Kier alpha value is -1.39. The van der Waals surface area contributed by atoms with Crippen LogP contribution in [0.1, 0.15) is 30.0 Å². The van der Waals surface area contributed by atoms with Crippen LogP contribution in [0.3, 0.4) is 0 Å². The molecule has 1 aromatic carbocycles. The Balaban J connectivity index is 2.05. The first-order chi connectivity index (χ1) is 8.49. The van der Waals surface area contributed by atoms with Crippen LogP contribution in [0.15, 0.2) is 29.8 Å². The Morgan fingerprint density at radius 1 is 1.39 bits per heavy atom. The SMILES string of the molecule is Cc1ccc(CNC(C)(C)c2nccs2)cc1N. The fraction of sp³-hybridized carbons (Fsp3) is 0.357. The second-order valence-corrected chi connectivity index (χ2v) is 5.90. The predicted octanol–water partition coefficient (Wildman–Crippen LogP) is 3.06. The molecule has 18 heavy (non-hydrogen) atoms. The van der Waals surface area contributed by atoms with Gasteiger partial charge < -0.3 is 11.1 Å². The lowest BCUT2D eigenvalue weighted by atomic mass is 10.1. The van der Waals surface area contributed by atoms with Crippen LogP contribution in [0, 0.1) is 6.92 Å². The second-order valence-electron chi connectivity index (χ2n) is 5.01. The van der Waals surface area contributed by atoms with Crippen LogP contribution in [0.4, 0.5) is 5.69 Å². The van der Waals surface area contributed by atoms with Gasteiger partial charge >= 0.3 is 0 Å². The van der Waals surface area contributed by atoms with E-state index in [0.717, 1.165) is 22.8 Å². The summed E-state index contributed by atoms with van der Waals surface area (Å²) in [5.74, 6) is 0. The molecule has 0 saturated carbocycles. The van der Waals surface area contributed by atoms with E-state index >= 15 is 0 Å². The van der Waals surface area contributed by atoms with E-state index in [2.05, 4.69) is 36.3 Å². The topological polar surface area (TPSA) is 50.9 Å². The zero-order chi connectivity index (χ0) is 13.2. The molecule has 0 aliphatic heterocycles. The third kappa shape index (κ3) is 2.89. The lowest BCUT2D eigenvalue weighted by Crippen LogP contribution is -2.35. The summed E-state index contributed by atoms with van der Waals surface area (Å²) < 4.78 is 0. The van der Waals surface area contributed by atoms with E-state index in [-0.39, 0.29) is 5.54 Å². The first kappa shape index (κ1) is 13.1. The molecular formula is C14H19N3S. The number of hydrogen-bond donors (Lipinski definition) is 2. The van der Waals surface area contributed by atoms with E-state index in [1.54, 1.807) is 11.3 Å². The van der Waals surface area contributed by atoms with E-state index in [0.29, 0.717) is 0 Å². The van der Waals surface area contributed by atoms with E-state index in [1.807, 2.05) is 24.6 Å². The molecule has 96 valence electrons. The molecule has 2 rings (SSSR count). The van der Waals surface area contributed by atoms with Crippen molar-refractivity contribution < 1.29 is 0 Å². The number of anilines is 1. The normalized spacial score (nSPS) is 11.7. The van der Waals surface area contributed by atoms with Gasteiger partial charge in [-0.25, -0.2) is 4.98 Å². The minimum Gasteiger partial charge on any atom is -0.399 e. The lowest BCUT2D eigenvalue weighted by Gasteiger charge is -2.24. The molecule has 3 nitrogen and oxygen atoms in total. The van der Waals surface area contributed by atoms with Crippen molar-refractivity contribution >= 4 is 17.0 Å². The molecule has 0 radical (unpaired) electrons. The third-order valence-electron chi connectivity index (χ3n) is 3.05. The van der Waals surface area contributed by atoms with E-state index in [9.17, 15) is 0 Å². The van der Waals surface area contributed by atoms with Crippen LogP contribution in [-0.2, 0) is 12.1 Å². The van der Waals surface area contributed by atoms with Crippen molar-refractivity contribution in [2.24, 2.45) is 0 Å². The number of nitrogens with zero attached hydrogens (tertiary/aromatic N) is 1. The molecule has 0 aliphatic carbocycles. The number of nitrogens with one attached hydrogen (secondary N) is 1. The van der Waals surface area contributed by atoms with Crippen LogP contribution < -0.4 is 11.1 Å². The molecule has 0 saturated heterocycles. The zero-order valence-electron chi connectivity index (χ0n) is 11.0. The average Bonchev–Trinajstić information content (AvgIpc) is 2.85. The first-order valence-electron chi connectivity index (χ1n) is 5.99. The van der Waals surface area contributed by atoms with Gasteiger partial charge in [0.05, 0.1) is 5.54 Å². The summed E-state index contributed by atoms with van der Waals surface area (Å²) in [6.07, 6.45) is 1.84. The van der Waals surface area contributed by atoms with Crippen molar-refractivity contribution in [3.63, 3.8) is 0 Å². The van der Waals surface area contributed by atoms with Gasteiger partial charge in [-0.1, -0.05) is 12.1 Å². The van der Waals surface area contributed by atoms with Crippen molar-refractivity contribution in [3.05, 3.63) is 45.9 Å². The van der Waals surface area contributed by atoms with Crippen molar-refractivity contribution in [2.75, 3.05) is 5.73 Å². The lowest BCUT2D eigenvalue weighted by molar-refractivity contribution is 0.399. The number of rotatable bonds is 4. The molecule has 0 bridgehead atoms. The summed E-state index contributed by atoms with van der Waals surface area (Å²) in [6.45, 7) is 7.09. The first-order valence-corrected chi connectivity index (χ1v) is 6.87. The fourth-order valence-electron chi connectivity index (χ4n) is 1.73. The number of aromatic nitrogens is 1. The van der Waals surface area contributed by atoms with Crippen LogP contribution >= 0.6 is 11.3 Å². The summed E-state index contributed by atoms with van der Waals surface area (Å²) in [4.78, 5) is 4.36. The number of thiazole rings is 1. The van der Waals surface area contributed by atoms with Crippen LogP contribution in [0.25, 0.3) is 0 Å². The standard InChI is InChI=1S/C14H19N3S/c1-10-4-5-11(8-12(10)15)9-17-14(2,3)13-16-6-7-18-13/h4-8,17H,9,15H2,1-3H3. The maximum absolute atomic E-state index is 5.92. The molecule has 0 aliphatic rings. The molecule has 0 spiro atoms. The van der Waals surface area contributed by atoms with Crippen molar-refractivity contribution in [3.8, 4) is 0 Å². The van der Waals surface area contributed by atoms with Gasteiger partial charge in [0.1, 0.15) is 5.01 Å². The number of aryl methyl sites for hydroxylation is 1. The van der Waals surface area contributed by atoms with Gasteiger partial charge in [0.15, 0.2) is 0 Å². The summed E-state index contributed by atoms with van der Waals surface area (Å²) in [7, 11) is 0.